The Balaban J connectivity index is 1.44. The highest BCUT2D eigenvalue weighted by molar-refractivity contribution is 6.30. The summed E-state index contributed by atoms with van der Waals surface area (Å²) in [5, 5.41) is 3.42. The second kappa shape index (κ2) is 9.46. The molecule has 0 spiro atoms. The molecular weight excluding hydrogens is 378 g/mol. The van der Waals surface area contributed by atoms with Gasteiger partial charge in [-0.1, -0.05) is 29.8 Å². The van der Waals surface area contributed by atoms with Gasteiger partial charge in [-0.2, -0.15) is 0 Å². The number of rotatable bonds is 6. The first-order valence-electron chi connectivity index (χ1n) is 9.23. The number of anilines is 1. The Morgan fingerprint density at radius 3 is 2.39 bits per heavy atom. The number of carbonyl (C=O) groups is 2. The zero-order valence-corrected chi connectivity index (χ0v) is 16.6. The number of para-hydroxylation sites is 1. The van der Waals surface area contributed by atoms with Crippen molar-refractivity contribution in [2.45, 2.75) is 6.42 Å². The molecule has 1 aliphatic rings. The van der Waals surface area contributed by atoms with Crippen LogP contribution in [0.1, 0.15) is 5.56 Å². The van der Waals surface area contributed by atoms with Crippen LogP contribution in [0, 0.1) is 0 Å². The molecule has 0 aromatic heterocycles. The van der Waals surface area contributed by atoms with Crippen LogP contribution in [-0.4, -0.2) is 56.5 Å². The van der Waals surface area contributed by atoms with E-state index < -0.39 is 0 Å². The van der Waals surface area contributed by atoms with Gasteiger partial charge in [-0.25, -0.2) is 0 Å². The number of ether oxygens (including phenoxy) is 1. The maximum absolute atomic E-state index is 12.4. The third-order valence-corrected chi connectivity index (χ3v) is 5.06. The molecule has 6 nitrogen and oxygen atoms in total. The highest BCUT2D eigenvalue weighted by atomic mass is 35.5. The molecule has 1 heterocycles. The SMILES string of the molecule is COc1ccccc1CC(=O)NCC(=O)N1CCN(c2ccc(Cl)cc2)CC1. The number of hydrogen-bond donors (Lipinski definition) is 1. The number of benzene rings is 2. The summed E-state index contributed by atoms with van der Waals surface area (Å²) in [6.07, 6.45) is 0.182. The number of piperazine rings is 1. The van der Waals surface area contributed by atoms with Crippen LogP contribution in [0.2, 0.25) is 5.02 Å². The van der Waals surface area contributed by atoms with Crippen molar-refractivity contribution in [1.82, 2.24) is 10.2 Å². The van der Waals surface area contributed by atoms with Crippen LogP contribution in [0.25, 0.3) is 0 Å². The fourth-order valence-electron chi connectivity index (χ4n) is 3.24. The van der Waals surface area contributed by atoms with Crippen molar-refractivity contribution in [2.75, 3.05) is 44.7 Å². The second-order valence-corrected chi connectivity index (χ2v) is 7.05. The fourth-order valence-corrected chi connectivity index (χ4v) is 3.36. The second-order valence-electron chi connectivity index (χ2n) is 6.61. The molecule has 1 fully saturated rings. The zero-order valence-electron chi connectivity index (χ0n) is 15.9. The molecule has 0 atom stereocenters. The third-order valence-electron chi connectivity index (χ3n) is 4.80. The standard InChI is InChI=1S/C21H24ClN3O3/c1-28-19-5-3-2-4-16(19)14-20(26)23-15-21(27)25-12-10-24(11-13-25)18-8-6-17(22)7-9-18/h2-9H,10-15H2,1H3,(H,23,26). The van der Waals surface area contributed by atoms with Gasteiger partial charge in [0.2, 0.25) is 11.8 Å². The van der Waals surface area contributed by atoms with Crippen molar-refractivity contribution in [2.24, 2.45) is 0 Å². The smallest absolute Gasteiger partial charge is 0.242 e. The van der Waals surface area contributed by atoms with E-state index in [-0.39, 0.29) is 24.8 Å². The number of hydrogen-bond acceptors (Lipinski definition) is 4. The Kier molecular flexibility index (Phi) is 6.76. The summed E-state index contributed by atoms with van der Waals surface area (Å²) in [6, 6.07) is 15.1. The van der Waals surface area contributed by atoms with E-state index in [1.165, 1.54) is 0 Å². The van der Waals surface area contributed by atoms with Crippen molar-refractivity contribution < 1.29 is 14.3 Å². The summed E-state index contributed by atoms with van der Waals surface area (Å²) < 4.78 is 5.25. The van der Waals surface area contributed by atoms with Gasteiger partial charge >= 0.3 is 0 Å². The zero-order chi connectivity index (χ0) is 19.9. The third kappa shape index (κ3) is 5.16. The van der Waals surface area contributed by atoms with Gasteiger partial charge in [-0.15, -0.1) is 0 Å². The topological polar surface area (TPSA) is 61.9 Å². The van der Waals surface area contributed by atoms with Crippen LogP contribution in [0.3, 0.4) is 0 Å². The van der Waals surface area contributed by atoms with Gasteiger partial charge in [0.05, 0.1) is 20.1 Å². The van der Waals surface area contributed by atoms with Gasteiger partial charge in [-0.3, -0.25) is 9.59 Å². The Hall–Kier alpha value is -2.73. The Bertz CT molecular complexity index is 818. The highest BCUT2D eigenvalue weighted by Gasteiger charge is 2.21. The minimum absolute atomic E-state index is 0.00886. The van der Waals surface area contributed by atoms with Gasteiger partial charge < -0.3 is 19.9 Å². The number of carbonyl (C=O) groups excluding carboxylic acids is 2. The molecule has 1 N–H and O–H groups in total. The van der Waals surface area contributed by atoms with Gasteiger partial charge in [-0.05, 0) is 30.3 Å². The molecular formula is C21H24ClN3O3. The van der Waals surface area contributed by atoms with Crippen molar-refractivity contribution >= 4 is 29.1 Å². The lowest BCUT2D eigenvalue weighted by atomic mass is 10.1. The van der Waals surface area contributed by atoms with E-state index in [0.29, 0.717) is 23.9 Å². The minimum atomic E-state index is -0.197. The quantitative estimate of drug-likeness (QED) is 0.807. The lowest BCUT2D eigenvalue weighted by Crippen LogP contribution is -2.51. The molecule has 0 unspecified atom stereocenters. The molecule has 28 heavy (non-hydrogen) atoms. The average molecular weight is 402 g/mol. The summed E-state index contributed by atoms with van der Waals surface area (Å²) in [7, 11) is 1.57. The first-order chi connectivity index (χ1) is 13.6. The molecule has 7 heteroatoms. The molecule has 3 rings (SSSR count). The van der Waals surface area contributed by atoms with Gasteiger partial charge in [0.1, 0.15) is 5.75 Å². The Morgan fingerprint density at radius 2 is 1.71 bits per heavy atom. The Labute approximate surface area is 170 Å². The molecule has 1 saturated heterocycles. The van der Waals surface area contributed by atoms with E-state index in [1.54, 1.807) is 12.0 Å². The Morgan fingerprint density at radius 1 is 1.04 bits per heavy atom. The van der Waals surface area contributed by atoms with Crippen LogP contribution in [0.15, 0.2) is 48.5 Å². The molecule has 2 amide bonds. The van der Waals surface area contributed by atoms with Crippen LogP contribution in [0.5, 0.6) is 5.75 Å². The lowest BCUT2D eigenvalue weighted by Gasteiger charge is -2.36. The molecule has 148 valence electrons. The molecule has 0 bridgehead atoms. The van der Waals surface area contributed by atoms with E-state index in [9.17, 15) is 9.59 Å². The summed E-state index contributed by atoms with van der Waals surface area (Å²) in [6.45, 7) is 2.77. The molecule has 0 radical (unpaired) electrons. The summed E-state index contributed by atoms with van der Waals surface area (Å²) in [4.78, 5) is 28.6. The van der Waals surface area contributed by atoms with Gasteiger partial charge in [0.25, 0.3) is 0 Å². The first kappa shape index (κ1) is 20.0. The summed E-state index contributed by atoms with van der Waals surface area (Å²) in [5.74, 6) is 0.407. The van der Waals surface area contributed by atoms with E-state index in [2.05, 4.69) is 10.2 Å². The lowest BCUT2D eigenvalue weighted by molar-refractivity contribution is -0.133. The summed E-state index contributed by atoms with van der Waals surface area (Å²) in [5.41, 5.74) is 1.90. The largest absolute Gasteiger partial charge is 0.496 e. The van der Waals surface area contributed by atoms with Crippen LogP contribution >= 0.6 is 11.6 Å². The first-order valence-corrected chi connectivity index (χ1v) is 9.61. The number of halogens is 1. The molecule has 0 saturated carbocycles. The molecule has 2 aromatic carbocycles. The number of amides is 2. The minimum Gasteiger partial charge on any atom is -0.496 e. The highest BCUT2D eigenvalue weighted by Crippen LogP contribution is 2.20. The maximum Gasteiger partial charge on any atom is 0.242 e. The number of nitrogens with zero attached hydrogens (tertiary/aromatic N) is 2. The van der Waals surface area contributed by atoms with Gasteiger partial charge in [0.15, 0.2) is 0 Å². The van der Waals surface area contributed by atoms with Crippen molar-refractivity contribution in [3.8, 4) is 5.75 Å². The number of methoxy groups -OCH3 is 1. The maximum atomic E-state index is 12.4. The summed E-state index contributed by atoms with van der Waals surface area (Å²) >= 11 is 5.93. The fraction of sp³-hybridized carbons (Fsp3) is 0.333. The van der Waals surface area contributed by atoms with E-state index in [4.69, 9.17) is 16.3 Å². The van der Waals surface area contributed by atoms with Crippen molar-refractivity contribution in [3.05, 3.63) is 59.1 Å². The predicted molar refractivity (Wildman–Crippen MR) is 110 cm³/mol. The molecule has 1 aliphatic heterocycles. The van der Waals surface area contributed by atoms with Crippen LogP contribution < -0.4 is 15.0 Å². The van der Waals surface area contributed by atoms with E-state index >= 15 is 0 Å². The van der Waals surface area contributed by atoms with Crippen LogP contribution in [-0.2, 0) is 16.0 Å². The van der Waals surface area contributed by atoms with E-state index in [1.807, 2.05) is 48.5 Å². The van der Waals surface area contributed by atoms with Crippen LogP contribution in [0.4, 0.5) is 5.69 Å². The van der Waals surface area contributed by atoms with E-state index in [0.717, 1.165) is 24.3 Å². The van der Waals surface area contributed by atoms with Gasteiger partial charge in [0, 0.05) is 42.5 Å². The normalized spacial score (nSPS) is 13.9. The predicted octanol–water partition coefficient (Wildman–Crippen LogP) is 2.36. The van der Waals surface area contributed by atoms with Crippen molar-refractivity contribution in [3.63, 3.8) is 0 Å². The van der Waals surface area contributed by atoms with Crippen molar-refractivity contribution in [1.29, 1.82) is 0 Å². The number of nitrogens with one attached hydrogen (secondary N) is 1. The monoisotopic (exact) mass is 401 g/mol. The molecule has 0 aliphatic carbocycles. The molecule has 2 aromatic rings. The average Bonchev–Trinajstić information content (AvgIpc) is 2.73.